The molecular formula is C24H26N4O2. The van der Waals surface area contributed by atoms with E-state index in [0.29, 0.717) is 24.3 Å². The summed E-state index contributed by atoms with van der Waals surface area (Å²) >= 11 is 0. The molecule has 154 valence electrons. The van der Waals surface area contributed by atoms with Gasteiger partial charge in [0.05, 0.1) is 17.3 Å². The lowest BCUT2D eigenvalue weighted by Gasteiger charge is -2.15. The molecule has 0 unspecified atom stereocenters. The summed E-state index contributed by atoms with van der Waals surface area (Å²) in [6, 6.07) is 15.5. The molecule has 6 heteroatoms. The maximum atomic E-state index is 12.6. The van der Waals surface area contributed by atoms with Gasteiger partial charge in [-0.15, -0.1) is 0 Å². The van der Waals surface area contributed by atoms with Crippen LogP contribution in [-0.4, -0.2) is 26.6 Å². The van der Waals surface area contributed by atoms with Gasteiger partial charge in [-0.1, -0.05) is 24.3 Å². The molecule has 1 N–H and O–H groups in total. The van der Waals surface area contributed by atoms with E-state index >= 15 is 0 Å². The molecule has 4 aromatic rings. The van der Waals surface area contributed by atoms with Crippen LogP contribution in [0.5, 0.6) is 5.75 Å². The fourth-order valence-electron chi connectivity index (χ4n) is 3.72. The third-order valence-electron chi connectivity index (χ3n) is 5.14. The summed E-state index contributed by atoms with van der Waals surface area (Å²) in [6.07, 6.45) is 0.984. The number of hydrogen-bond acceptors (Lipinski definition) is 4. The van der Waals surface area contributed by atoms with E-state index in [4.69, 9.17) is 9.72 Å². The van der Waals surface area contributed by atoms with Crippen molar-refractivity contribution in [3.05, 3.63) is 65.5 Å². The molecule has 0 bridgehead atoms. The van der Waals surface area contributed by atoms with Crippen LogP contribution < -0.4 is 10.1 Å². The molecule has 0 spiro atoms. The van der Waals surface area contributed by atoms with Crippen molar-refractivity contribution >= 4 is 28.1 Å². The van der Waals surface area contributed by atoms with Crippen LogP contribution in [0.25, 0.3) is 16.6 Å². The highest BCUT2D eigenvalue weighted by Crippen LogP contribution is 2.26. The van der Waals surface area contributed by atoms with E-state index in [-0.39, 0.29) is 12.0 Å². The molecular weight excluding hydrogens is 376 g/mol. The van der Waals surface area contributed by atoms with Crippen molar-refractivity contribution in [2.24, 2.45) is 0 Å². The van der Waals surface area contributed by atoms with Crippen LogP contribution in [0.2, 0.25) is 0 Å². The average Bonchev–Trinajstić information content (AvgIpc) is 3.08. The first-order chi connectivity index (χ1) is 14.4. The first-order valence-corrected chi connectivity index (χ1v) is 10.2. The van der Waals surface area contributed by atoms with Gasteiger partial charge in [-0.25, -0.2) is 9.50 Å². The Morgan fingerprint density at radius 2 is 1.83 bits per heavy atom. The number of amides is 1. The van der Waals surface area contributed by atoms with E-state index in [9.17, 15) is 4.79 Å². The van der Waals surface area contributed by atoms with Crippen LogP contribution in [-0.2, 0) is 11.2 Å². The van der Waals surface area contributed by atoms with Crippen LogP contribution in [0.15, 0.2) is 48.5 Å². The SMILES string of the molecule is Cc1nc2c3ccccc3nn2c(C)c1CCC(=O)Nc1ccccc1OC(C)C. The minimum absolute atomic E-state index is 0.0377. The number of ether oxygens (including phenoxy) is 1. The standard InChI is InChI=1S/C24H26N4O2/c1-15(2)30-22-12-8-7-11-21(22)26-23(29)14-13-18-16(3)25-24-19-9-5-6-10-20(19)27-28(24)17(18)4/h5-12,15H,13-14H2,1-4H3,(H,26,29). The van der Waals surface area contributed by atoms with Crippen molar-refractivity contribution in [3.8, 4) is 5.75 Å². The maximum absolute atomic E-state index is 12.6. The Labute approximate surface area is 175 Å². The largest absolute Gasteiger partial charge is 0.489 e. The zero-order valence-electron chi connectivity index (χ0n) is 17.8. The Morgan fingerprint density at radius 1 is 1.10 bits per heavy atom. The second-order valence-electron chi connectivity index (χ2n) is 7.72. The topological polar surface area (TPSA) is 68.5 Å². The Morgan fingerprint density at radius 3 is 2.63 bits per heavy atom. The van der Waals surface area contributed by atoms with Gasteiger partial charge in [0.1, 0.15) is 5.75 Å². The maximum Gasteiger partial charge on any atom is 0.224 e. The number of fused-ring (bicyclic) bond motifs is 3. The number of aromatic nitrogens is 3. The number of nitrogens with one attached hydrogen (secondary N) is 1. The lowest BCUT2D eigenvalue weighted by molar-refractivity contribution is -0.116. The van der Waals surface area contributed by atoms with Gasteiger partial charge in [-0.2, -0.15) is 5.10 Å². The fourth-order valence-corrected chi connectivity index (χ4v) is 3.72. The number of aryl methyl sites for hydroxylation is 2. The predicted molar refractivity (Wildman–Crippen MR) is 119 cm³/mol. The van der Waals surface area contributed by atoms with Gasteiger partial charge >= 0.3 is 0 Å². The highest BCUT2D eigenvalue weighted by molar-refractivity contribution is 5.93. The van der Waals surface area contributed by atoms with Gasteiger partial charge in [0, 0.05) is 23.2 Å². The fraction of sp³-hybridized carbons (Fsp3) is 0.292. The van der Waals surface area contributed by atoms with Crippen LogP contribution in [0, 0.1) is 13.8 Å². The van der Waals surface area contributed by atoms with Gasteiger partial charge < -0.3 is 10.1 Å². The molecule has 0 radical (unpaired) electrons. The van der Waals surface area contributed by atoms with E-state index in [1.54, 1.807) is 0 Å². The number of para-hydroxylation sites is 2. The van der Waals surface area contributed by atoms with Crippen LogP contribution in [0.1, 0.15) is 37.2 Å². The molecule has 0 fully saturated rings. The Balaban J connectivity index is 1.54. The molecule has 0 aliphatic carbocycles. The van der Waals surface area contributed by atoms with Crippen molar-refractivity contribution in [3.63, 3.8) is 0 Å². The van der Waals surface area contributed by atoms with Crippen molar-refractivity contribution in [1.29, 1.82) is 0 Å². The minimum atomic E-state index is -0.0562. The summed E-state index contributed by atoms with van der Waals surface area (Å²) in [5.74, 6) is 0.624. The van der Waals surface area contributed by atoms with E-state index in [2.05, 4.69) is 10.4 Å². The lowest BCUT2D eigenvalue weighted by Crippen LogP contribution is -2.16. The minimum Gasteiger partial charge on any atom is -0.489 e. The normalized spacial score (nSPS) is 11.4. The molecule has 6 nitrogen and oxygen atoms in total. The molecule has 2 aromatic heterocycles. The molecule has 0 aliphatic heterocycles. The quantitative estimate of drug-likeness (QED) is 0.500. The van der Waals surface area contributed by atoms with Crippen LogP contribution in [0.4, 0.5) is 5.69 Å². The predicted octanol–water partition coefficient (Wildman–Crippen LogP) is 4.86. The first kappa shape index (κ1) is 19.9. The summed E-state index contributed by atoms with van der Waals surface area (Å²) in [4.78, 5) is 17.4. The first-order valence-electron chi connectivity index (χ1n) is 10.2. The Hall–Kier alpha value is -3.41. The van der Waals surface area contributed by atoms with Gasteiger partial charge in [-0.05, 0) is 63.9 Å². The molecule has 2 heterocycles. The summed E-state index contributed by atoms with van der Waals surface area (Å²) in [5.41, 5.74) is 5.47. The molecule has 30 heavy (non-hydrogen) atoms. The zero-order chi connectivity index (χ0) is 21.3. The second-order valence-corrected chi connectivity index (χ2v) is 7.72. The third kappa shape index (κ3) is 3.85. The number of nitrogens with zero attached hydrogens (tertiary/aromatic N) is 3. The summed E-state index contributed by atoms with van der Waals surface area (Å²) in [7, 11) is 0. The lowest BCUT2D eigenvalue weighted by atomic mass is 10.1. The van der Waals surface area contributed by atoms with Gasteiger partial charge in [0.2, 0.25) is 5.91 Å². The van der Waals surface area contributed by atoms with Crippen molar-refractivity contribution in [2.45, 2.75) is 46.6 Å². The molecule has 0 atom stereocenters. The van der Waals surface area contributed by atoms with E-state index in [1.165, 1.54) is 0 Å². The smallest absolute Gasteiger partial charge is 0.224 e. The van der Waals surface area contributed by atoms with Crippen molar-refractivity contribution in [1.82, 2.24) is 14.6 Å². The van der Waals surface area contributed by atoms with Crippen LogP contribution in [0.3, 0.4) is 0 Å². The highest BCUT2D eigenvalue weighted by Gasteiger charge is 2.15. The van der Waals surface area contributed by atoms with Crippen molar-refractivity contribution < 1.29 is 9.53 Å². The molecule has 1 amide bonds. The van der Waals surface area contributed by atoms with E-state index in [0.717, 1.165) is 33.5 Å². The molecule has 0 saturated carbocycles. The molecule has 0 saturated heterocycles. The van der Waals surface area contributed by atoms with Crippen LogP contribution >= 0.6 is 0 Å². The highest BCUT2D eigenvalue weighted by atomic mass is 16.5. The van der Waals surface area contributed by atoms with Crippen molar-refractivity contribution in [2.75, 3.05) is 5.32 Å². The Bertz CT molecular complexity index is 1230. The number of carbonyl (C=O) groups is 1. The molecule has 2 aromatic carbocycles. The second kappa shape index (κ2) is 8.14. The van der Waals surface area contributed by atoms with Gasteiger partial charge in [0.15, 0.2) is 5.65 Å². The number of rotatable bonds is 6. The van der Waals surface area contributed by atoms with E-state index in [1.807, 2.05) is 80.7 Å². The average molecular weight is 402 g/mol. The van der Waals surface area contributed by atoms with Gasteiger partial charge in [0.25, 0.3) is 0 Å². The summed E-state index contributed by atoms with van der Waals surface area (Å²) in [5, 5.41) is 8.70. The number of anilines is 1. The van der Waals surface area contributed by atoms with Gasteiger partial charge in [-0.3, -0.25) is 4.79 Å². The number of hydrogen-bond donors (Lipinski definition) is 1. The third-order valence-corrected chi connectivity index (χ3v) is 5.14. The molecule has 0 aliphatic rings. The van der Waals surface area contributed by atoms with E-state index < -0.39 is 0 Å². The zero-order valence-corrected chi connectivity index (χ0v) is 17.8. The summed E-state index contributed by atoms with van der Waals surface area (Å²) in [6.45, 7) is 7.96. The monoisotopic (exact) mass is 402 g/mol. The summed E-state index contributed by atoms with van der Waals surface area (Å²) < 4.78 is 7.67. The Kier molecular flexibility index (Phi) is 5.40. The molecule has 4 rings (SSSR count). The number of carbonyl (C=O) groups excluding carboxylic acids is 1. The number of benzene rings is 2.